The summed E-state index contributed by atoms with van der Waals surface area (Å²) in [6, 6.07) is 8.04. The lowest BCUT2D eigenvalue weighted by atomic mass is 10.1. The van der Waals surface area contributed by atoms with E-state index in [0.717, 1.165) is 11.3 Å². The van der Waals surface area contributed by atoms with Gasteiger partial charge in [0.25, 0.3) is 0 Å². The minimum Gasteiger partial charge on any atom is -0.369 e. The molecule has 2 aromatic rings. The Morgan fingerprint density at radius 1 is 1.29 bits per heavy atom. The van der Waals surface area contributed by atoms with Crippen LogP contribution >= 0.6 is 11.6 Å². The molecule has 0 aliphatic carbocycles. The van der Waals surface area contributed by atoms with Crippen molar-refractivity contribution in [2.45, 2.75) is 25.9 Å². The molecule has 1 aromatic carbocycles. The van der Waals surface area contributed by atoms with Crippen LogP contribution in [0.4, 0.5) is 5.69 Å². The van der Waals surface area contributed by atoms with Crippen molar-refractivity contribution in [3.8, 4) is 0 Å². The maximum absolute atomic E-state index is 6.06. The van der Waals surface area contributed by atoms with Crippen LogP contribution in [0.25, 0.3) is 0 Å². The fraction of sp³-hybridized carbons (Fsp3) is 0.333. The van der Waals surface area contributed by atoms with E-state index in [0.29, 0.717) is 23.6 Å². The number of nitrogens with two attached hydrogens (primary N) is 1. The summed E-state index contributed by atoms with van der Waals surface area (Å²) in [7, 11) is 0. The van der Waals surface area contributed by atoms with Crippen LogP contribution in [0.1, 0.15) is 31.5 Å². The molecule has 2 heterocycles. The van der Waals surface area contributed by atoms with Crippen molar-refractivity contribution in [1.82, 2.24) is 9.78 Å². The van der Waals surface area contributed by atoms with E-state index in [1.807, 2.05) is 40.0 Å². The molecule has 1 unspecified atom stereocenters. The fourth-order valence-corrected chi connectivity index (χ4v) is 2.60. The predicted molar refractivity (Wildman–Crippen MR) is 85.8 cm³/mol. The Morgan fingerprint density at radius 3 is 2.62 bits per heavy atom. The number of anilines is 1. The van der Waals surface area contributed by atoms with Crippen LogP contribution in [0.5, 0.6) is 0 Å². The summed E-state index contributed by atoms with van der Waals surface area (Å²) in [6.07, 6.45) is 3.95. The Labute approximate surface area is 129 Å². The van der Waals surface area contributed by atoms with Gasteiger partial charge in [-0.15, -0.1) is 0 Å². The number of benzene rings is 1. The number of halogens is 1. The Hall–Kier alpha value is -2.01. The van der Waals surface area contributed by atoms with Gasteiger partial charge in [0, 0.05) is 28.5 Å². The van der Waals surface area contributed by atoms with E-state index in [2.05, 4.69) is 30.1 Å². The summed E-state index contributed by atoms with van der Waals surface area (Å²) in [5, 5.41) is 5.11. The van der Waals surface area contributed by atoms with Crippen LogP contribution in [-0.4, -0.2) is 22.3 Å². The van der Waals surface area contributed by atoms with Crippen molar-refractivity contribution in [2.75, 3.05) is 11.4 Å². The lowest BCUT2D eigenvalue weighted by Gasteiger charge is -2.25. The Morgan fingerprint density at radius 2 is 2.00 bits per heavy atom. The minimum absolute atomic E-state index is 0.0821. The maximum atomic E-state index is 6.06. The Balaban J connectivity index is 1.92. The molecule has 2 N–H and O–H groups in total. The first-order valence-electron chi connectivity index (χ1n) is 6.95. The first-order valence-corrected chi connectivity index (χ1v) is 7.33. The lowest BCUT2D eigenvalue weighted by molar-refractivity contribution is 0.531. The van der Waals surface area contributed by atoms with Crippen molar-refractivity contribution < 1.29 is 0 Å². The molecule has 0 amide bonds. The van der Waals surface area contributed by atoms with Gasteiger partial charge in [-0.05, 0) is 38.1 Å². The summed E-state index contributed by atoms with van der Waals surface area (Å²) in [5.74, 6) is 0.527. The van der Waals surface area contributed by atoms with Crippen LogP contribution in [-0.2, 0) is 0 Å². The molecular weight excluding hydrogens is 286 g/mol. The van der Waals surface area contributed by atoms with Crippen molar-refractivity contribution in [2.24, 2.45) is 10.7 Å². The number of nitrogens with zero attached hydrogens (tertiary/aromatic N) is 4. The van der Waals surface area contributed by atoms with Gasteiger partial charge in [-0.1, -0.05) is 11.6 Å². The van der Waals surface area contributed by atoms with E-state index in [9.17, 15) is 0 Å². The highest BCUT2D eigenvalue weighted by atomic mass is 35.5. The van der Waals surface area contributed by atoms with E-state index < -0.39 is 0 Å². The second kappa shape index (κ2) is 5.41. The molecule has 0 fully saturated rings. The molecule has 0 radical (unpaired) electrons. The summed E-state index contributed by atoms with van der Waals surface area (Å²) in [4.78, 5) is 6.40. The quantitative estimate of drug-likeness (QED) is 0.948. The third-order valence-electron chi connectivity index (χ3n) is 3.62. The minimum atomic E-state index is 0.0821. The van der Waals surface area contributed by atoms with E-state index in [4.69, 9.17) is 17.3 Å². The summed E-state index contributed by atoms with van der Waals surface area (Å²) in [5.41, 5.74) is 8.16. The van der Waals surface area contributed by atoms with Gasteiger partial charge in [0.05, 0.1) is 18.8 Å². The van der Waals surface area contributed by atoms with E-state index in [1.54, 1.807) is 0 Å². The van der Waals surface area contributed by atoms with Crippen LogP contribution in [0.3, 0.4) is 0 Å². The maximum Gasteiger partial charge on any atom is 0.196 e. The summed E-state index contributed by atoms with van der Waals surface area (Å²) >= 11 is 5.95. The average Bonchev–Trinajstić information content (AvgIpc) is 3.06. The van der Waals surface area contributed by atoms with Crippen LogP contribution in [0.2, 0.25) is 5.02 Å². The van der Waals surface area contributed by atoms with Gasteiger partial charge >= 0.3 is 0 Å². The van der Waals surface area contributed by atoms with Gasteiger partial charge in [-0.3, -0.25) is 9.67 Å². The van der Waals surface area contributed by atoms with Gasteiger partial charge in [0.1, 0.15) is 0 Å². The molecule has 110 valence electrons. The fourth-order valence-electron chi connectivity index (χ4n) is 2.47. The summed E-state index contributed by atoms with van der Waals surface area (Å²) < 4.78 is 1.95. The third-order valence-corrected chi connectivity index (χ3v) is 3.88. The van der Waals surface area contributed by atoms with Gasteiger partial charge < -0.3 is 10.6 Å². The monoisotopic (exact) mass is 303 g/mol. The van der Waals surface area contributed by atoms with Crippen LogP contribution < -0.4 is 10.6 Å². The van der Waals surface area contributed by atoms with Crippen LogP contribution in [0.15, 0.2) is 41.7 Å². The van der Waals surface area contributed by atoms with Gasteiger partial charge in [-0.2, -0.15) is 5.10 Å². The molecule has 21 heavy (non-hydrogen) atoms. The average molecular weight is 304 g/mol. The smallest absolute Gasteiger partial charge is 0.196 e. The first-order chi connectivity index (χ1) is 10.1. The Kier molecular flexibility index (Phi) is 3.59. The second-order valence-corrected chi connectivity index (χ2v) is 5.84. The molecule has 1 aliphatic heterocycles. The molecule has 0 spiro atoms. The molecule has 1 aliphatic rings. The zero-order valence-corrected chi connectivity index (χ0v) is 12.8. The lowest BCUT2D eigenvalue weighted by Crippen LogP contribution is -2.36. The molecule has 0 saturated heterocycles. The highest BCUT2D eigenvalue weighted by Crippen LogP contribution is 2.31. The van der Waals surface area contributed by atoms with Crippen molar-refractivity contribution in [3.05, 3.63) is 47.2 Å². The number of hydrogen-bond acceptors (Lipinski definition) is 4. The zero-order valence-electron chi connectivity index (χ0n) is 12.1. The number of rotatable bonds is 3. The number of guanidine groups is 1. The molecule has 6 heteroatoms. The molecule has 1 atom stereocenters. The normalized spacial score (nSPS) is 18.4. The molecule has 3 rings (SSSR count). The molecular formula is C15H18ClN5. The van der Waals surface area contributed by atoms with Crippen molar-refractivity contribution in [1.29, 1.82) is 0 Å². The number of hydrogen-bond donors (Lipinski definition) is 1. The third kappa shape index (κ3) is 2.61. The van der Waals surface area contributed by atoms with Gasteiger partial charge in [0.15, 0.2) is 5.96 Å². The standard InChI is InChI=1S/C15H18ClN5/c1-10(2)20-9-11(7-19-20)14-8-18-15(17)21(14)13-5-3-12(16)4-6-13/h3-7,9-10,14H,8H2,1-2H3,(H2,17,18). The van der Waals surface area contributed by atoms with E-state index >= 15 is 0 Å². The SMILES string of the molecule is CC(C)n1cc(C2CN=C(N)N2c2ccc(Cl)cc2)cn1. The van der Waals surface area contributed by atoms with Crippen molar-refractivity contribution >= 4 is 23.2 Å². The van der Waals surface area contributed by atoms with Gasteiger partial charge in [0.2, 0.25) is 0 Å². The largest absolute Gasteiger partial charge is 0.369 e. The van der Waals surface area contributed by atoms with Gasteiger partial charge in [-0.25, -0.2) is 0 Å². The van der Waals surface area contributed by atoms with Crippen molar-refractivity contribution in [3.63, 3.8) is 0 Å². The summed E-state index contributed by atoms with van der Waals surface area (Å²) in [6.45, 7) is 4.85. The highest BCUT2D eigenvalue weighted by Gasteiger charge is 2.29. The molecule has 0 saturated carbocycles. The Bertz CT molecular complexity index is 659. The number of aromatic nitrogens is 2. The highest BCUT2D eigenvalue weighted by molar-refractivity contribution is 6.30. The van der Waals surface area contributed by atoms with Crippen LogP contribution in [0, 0.1) is 0 Å². The zero-order chi connectivity index (χ0) is 15.0. The number of aliphatic imine (C=N–C) groups is 1. The first kappa shape index (κ1) is 13.9. The van der Waals surface area contributed by atoms with E-state index in [-0.39, 0.29) is 6.04 Å². The molecule has 5 nitrogen and oxygen atoms in total. The topological polar surface area (TPSA) is 59.4 Å². The second-order valence-electron chi connectivity index (χ2n) is 5.41. The molecule has 0 bridgehead atoms. The molecule has 1 aromatic heterocycles. The van der Waals surface area contributed by atoms with E-state index in [1.165, 1.54) is 0 Å². The predicted octanol–water partition coefficient (Wildman–Crippen LogP) is 2.99.